The van der Waals surface area contributed by atoms with Crippen molar-refractivity contribution in [2.45, 2.75) is 204 Å². The molecule has 1 fully saturated rings. The van der Waals surface area contributed by atoms with Crippen molar-refractivity contribution in [3.63, 3.8) is 0 Å². The van der Waals surface area contributed by atoms with Crippen LogP contribution in [0.2, 0.25) is 0 Å². The molecule has 5 N–H and O–H groups in total. The minimum absolute atomic E-state index is 0.202. The lowest BCUT2D eigenvalue weighted by atomic mass is 9.97. The highest BCUT2D eigenvalue weighted by molar-refractivity contribution is 5.90. The van der Waals surface area contributed by atoms with E-state index < -0.39 is 30.5 Å². The second-order valence-corrected chi connectivity index (χ2v) is 13.3. The fourth-order valence-corrected chi connectivity index (χ4v) is 6.44. The lowest BCUT2D eigenvalue weighted by Crippen LogP contribution is -2.31. The molecule has 8 heteroatoms. The van der Waals surface area contributed by atoms with Gasteiger partial charge in [0.2, 0.25) is 0 Å². The Morgan fingerprint density at radius 2 is 1.14 bits per heavy atom. The van der Waals surface area contributed by atoms with Gasteiger partial charge in [-0.1, -0.05) is 90.4 Å². The van der Waals surface area contributed by atoms with Crippen molar-refractivity contribution in [1.29, 1.82) is 0 Å². The summed E-state index contributed by atoms with van der Waals surface area (Å²) in [5.41, 5.74) is 0.542. The van der Waals surface area contributed by atoms with E-state index in [1.54, 1.807) is 13.0 Å². The fourth-order valence-electron chi connectivity index (χ4n) is 6.44. The van der Waals surface area contributed by atoms with Gasteiger partial charge in [-0.15, -0.1) is 0 Å². The van der Waals surface area contributed by atoms with Gasteiger partial charge in [0.15, 0.2) is 0 Å². The Balaban J connectivity index is 1.46. The van der Waals surface area contributed by atoms with Crippen molar-refractivity contribution < 1.29 is 39.8 Å². The van der Waals surface area contributed by atoms with E-state index in [4.69, 9.17) is 9.47 Å². The molecule has 0 amide bonds. The van der Waals surface area contributed by atoms with Gasteiger partial charge in [0.1, 0.15) is 6.10 Å². The molecule has 0 radical (unpaired) electrons. The van der Waals surface area contributed by atoms with Crippen LogP contribution in [0.25, 0.3) is 0 Å². The van der Waals surface area contributed by atoms with E-state index in [9.17, 15) is 30.3 Å². The van der Waals surface area contributed by atoms with Gasteiger partial charge in [-0.25, -0.2) is 4.79 Å². The van der Waals surface area contributed by atoms with Crippen LogP contribution in [-0.4, -0.2) is 80.3 Å². The zero-order valence-electron chi connectivity index (χ0n) is 27.2. The first-order chi connectivity index (χ1) is 20.7. The molecule has 2 aliphatic heterocycles. The van der Waals surface area contributed by atoms with Gasteiger partial charge in [-0.05, 0) is 64.4 Å². The summed E-state index contributed by atoms with van der Waals surface area (Å²) in [5.74, 6) is -0.343. The maximum atomic E-state index is 11.7. The van der Waals surface area contributed by atoms with Crippen LogP contribution in [0, 0.1) is 0 Å². The SMILES string of the molecule is CCCCCCCCCCCC[C@H](O)[C@@H]1CC[C@@H]([C@@H](O)CCC[C@@H](O)[C@@H](O)CCCCC[C@H](O)CC2=C[C@H](C)OC2=O)O1. The van der Waals surface area contributed by atoms with Crippen molar-refractivity contribution in [2.75, 3.05) is 0 Å². The third-order valence-corrected chi connectivity index (χ3v) is 9.22. The number of esters is 1. The van der Waals surface area contributed by atoms with Gasteiger partial charge < -0.3 is 35.0 Å². The number of cyclic esters (lactones) is 1. The molecule has 0 aromatic carbocycles. The molecule has 1 saturated heterocycles. The predicted octanol–water partition coefficient (Wildman–Crippen LogP) is 6.03. The minimum atomic E-state index is -0.833. The maximum Gasteiger partial charge on any atom is 0.334 e. The molecule has 252 valence electrons. The molecule has 0 aliphatic carbocycles. The van der Waals surface area contributed by atoms with E-state index in [0.717, 1.165) is 51.4 Å². The third-order valence-electron chi connectivity index (χ3n) is 9.22. The second kappa shape index (κ2) is 22.5. The topological polar surface area (TPSA) is 137 Å². The summed E-state index contributed by atoms with van der Waals surface area (Å²) in [6.07, 6.45) is 17.9. The smallest absolute Gasteiger partial charge is 0.334 e. The molecular formula is C35H64O8. The van der Waals surface area contributed by atoms with Crippen molar-refractivity contribution >= 4 is 5.97 Å². The standard InChI is InChI=1S/C35H64O8/c1-3-4-5-6-7-8-9-10-11-14-19-31(39)33-22-23-34(43-33)32(40)21-16-20-30(38)29(37)18-15-12-13-17-28(36)25-27-24-26(2)42-35(27)41/h24,26,28-34,36-40H,3-23,25H2,1-2H3/t26-,28-,29-,30+,31-,32-,33-,34-/m0/s1. The number of hydrogen-bond acceptors (Lipinski definition) is 8. The summed E-state index contributed by atoms with van der Waals surface area (Å²) in [6, 6.07) is 0. The highest BCUT2D eigenvalue weighted by Crippen LogP contribution is 2.28. The molecule has 0 spiro atoms. The number of carbonyl (C=O) groups is 1. The van der Waals surface area contributed by atoms with E-state index in [1.807, 2.05) is 0 Å². The summed E-state index contributed by atoms with van der Waals surface area (Å²) in [7, 11) is 0. The molecule has 2 heterocycles. The first-order valence-corrected chi connectivity index (χ1v) is 17.7. The Morgan fingerprint density at radius 3 is 1.70 bits per heavy atom. The predicted molar refractivity (Wildman–Crippen MR) is 170 cm³/mol. The molecule has 0 aromatic rings. The van der Waals surface area contributed by atoms with Gasteiger partial charge in [-0.2, -0.15) is 0 Å². The number of aliphatic hydroxyl groups excluding tert-OH is 5. The Kier molecular flexibility index (Phi) is 19.9. The van der Waals surface area contributed by atoms with Crippen LogP contribution >= 0.6 is 0 Å². The molecular weight excluding hydrogens is 548 g/mol. The average molecular weight is 613 g/mol. The summed E-state index contributed by atoms with van der Waals surface area (Å²) in [4.78, 5) is 11.7. The monoisotopic (exact) mass is 612 g/mol. The molecule has 0 saturated carbocycles. The van der Waals surface area contributed by atoms with Gasteiger partial charge in [0, 0.05) is 12.0 Å². The third kappa shape index (κ3) is 16.2. The number of carbonyl (C=O) groups excluding carboxylic acids is 1. The van der Waals surface area contributed by atoms with E-state index in [-0.39, 0.29) is 24.3 Å². The summed E-state index contributed by atoms with van der Waals surface area (Å²) < 4.78 is 11.1. The van der Waals surface area contributed by atoms with E-state index in [0.29, 0.717) is 44.1 Å². The van der Waals surface area contributed by atoms with E-state index >= 15 is 0 Å². The van der Waals surface area contributed by atoms with Gasteiger partial charge in [0.05, 0.1) is 42.7 Å². The molecule has 0 aromatic heterocycles. The maximum absolute atomic E-state index is 11.7. The van der Waals surface area contributed by atoms with Crippen LogP contribution in [0.5, 0.6) is 0 Å². The highest BCUT2D eigenvalue weighted by Gasteiger charge is 2.34. The fraction of sp³-hybridized carbons (Fsp3) is 0.914. The molecule has 2 rings (SSSR count). The first-order valence-electron chi connectivity index (χ1n) is 17.7. The Labute approximate surface area is 261 Å². The van der Waals surface area contributed by atoms with E-state index in [2.05, 4.69) is 6.92 Å². The molecule has 43 heavy (non-hydrogen) atoms. The zero-order chi connectivity index (χ0) is 31.5. The van der Waals surface area contributed by atoms with Gasteiger partial charge >= 0.3 is 5.97 Å². The Bertz CT molecular complexity index is 758. The van der Waals surface area contributed by atoms with Crippen LogP contribution in [0.4, 0.5) is 0 Å². The van der Waals surface area contributed by atoms with Crippen LogP contribution < -0.4 is 0 Å². The van der Waals surface area contributed by atoms with Crippen molar-refractivity contribution in [1.82, 2.24) is 0 Å². The normalized spacial score (nSPS) is 24.0. The van der Waals surface area contributed by atoms with E-state index in [1.165, 1.54) is 51.4 Å². The number of unbranched alkanes of at least 4 members (excludes halogenated alkanes) is 11. The molecule has 0 bridgehead atoms. The number of aliphatic hydroxyl groups is 5. The van der Waals surface area contributed by atoms with Crippen molar-refractivity contribution in [3.05, 3.63) is 11.6 Å². The van der Waals surface area contributed by atoms with Crippen molar-refractivity contribution in [3.8, 4) is 0 Å². The lowest BCUT2D eigenvalue weighted by Gasteiger charge is -2.23. The highest BCUT2D eigenvalue weighted by atomic mass is 16.5. The zero-order valence-corrected chi connectivity index (χ0v) is 27.2. The number of rotatable bonds is 26. The number of hydrogen-bond donors (Lipinski definition) is 5. The molecule has 8 nitrogen and oxygen atoms in total. The summed E-state index contributed by atoms with van der Waals surface area (Å²) >= 11 is 0. The molecule has 2 aliphatic rings. The van der Waals surface area contributed by atoms with Crippen LogP contribution in [0.15, 0.2) is 11.6 Å². The van der Waals surface area contributed by atoms with Crippen LogP contribution in [0.3, 0.4) is 0 Å². The first kappa shape index (κ1) is 38.2. The number of ether oxygens (including phenoxy) is 2. The summed E-state index contributed by atoms with van der Waals surface area (Å²) in [5, 5.41) is 52.1. The largest absolute Gasteiger partial charge is 0.455 e. The minimum Gasteiger partial charge on any atom is -0.455 e. The summed E-state index contributed by atoms with van der Waals surface area (Å²) in [6.45, 7) is 4.04. The Hall–Kier alpha value is -1.03. The van der Waals surface area contributed by atoms with Crippen molar-refractivity contribution in [2.24, 2.45) is 0 Å². The van der Waals surface area contributed by atoms with Crippen LogP contribution in [-0.2, 0) is 14.3 Å². The van der Waals surface area contributed by atoms with Crippen LogP contribution in [0.1, 0.15) is 155 Å². The lowest BCUT2D eigenvalue weighted by molar-refractivity contribution is -0.139. The van der Waals surface area contributed by atoms with Gasteiger partial charge in [0.25, 0.3) is 0 Å². The second-order valence-electron chi connectivity index (χ2n) is 13.3. The Morgan fingerprint density at radius 1 is 0.674 bits per heavy atom. The van der Waals surface area contributed by atoms with Gasteiger partial charge in [-0.3, -0.25) is 0 Å². The quantitative estimate of drug-likeness (QED) is 0.0590. The molecule has 0 unspecified atom stereocenters. The average Bonchev–Trinajstić information content (AvgIpc) is 3.59. The molecule has 8 atom stereocenters.